The third-order valence-electron chi connectivity index (χ3n) is 2.40. The molecule has 0 saturated carbocycles. The van der Waals surface area contributed by atoms with Gasteiger partial charge in [-0.05, 0) is 12.1 Å². The largest absolute Gasteiger partial charge is 0.321 e. The zero-order chi connectivity index (χ0) is 10.4. The van der Waals surface area contributed by atoms with Crippen LogP contribution in [0.2, 0.25) is 0 Å². The van der Waals surface area contributed by atoms with E-state index in [0.717, 1.165) is 21.5 Å². The van der Waals surface area contributed by atoms with Crippen LogP contribution in [-0.2, 0) is 4.79 Å². The highest BCUT2D eigenvalue weighted by molar-refractivity contribution is 7.17. The first-order valence-corrected chi connectivity index (χ1v) is 5.27. The third kappa shape index (κ3) is 1.00. The number of nitrogens with one attached hydrogen (secondary N) is 1. The van der Waals surface area contributed by atoms with Gasteiger partial charge >= 0.3 is 0 Å². The summed E-state index contributed by atoms with van der Waals surface area (Å²) in [4.78, 5) is 15.8. The number of rotatable bonds is 0. The standard InChI is InChI=1S/C11H6N2OS/c1-2-6-9-7(13-11(6)14)3-4-8-10(9)15-5-12-8/h3-5H,1H2,(H,13,14). The number of amides is 1. The predicted molar refractivity (Wildman–Crippen MR) is 60.8 cm³/mol. The van der Waals surface area contributed by atoms with Crippen molar-refractivity contribution in [2.24, 2.45) is 0 Å². The van der Waals surface area contributed by atoms with Gasteiger partial charge in [0, 0.05) is 5.56 Å². The first-order valence-electron chi connectivity index (χ1n) is 4.39. The van der Waals surface area contributed by atoms with Crippen molar-refractivity contribution in [1.82, 2.24) is 4.98 Å². The van der Waals surface area contributed by atoms with Crippen molar-refractivity contribution in [1.29, 1.82) is 0 Å². The fourth-order valence-electron chi connectivity index (χ4n) is 1.75. The smallest absolute Gasteiger partial charge is 0.264 e. The molecule has 0 unspecified atom stereocenters. The van der Waals surface area contributed by atoms with Gasteiger partial charge in [-0.2, -0.15) is 0 Å². The molecule has 0 radical (unpaired) electrons. The Morgan fingerprint density at radius 1 is 1.47 bits per heavy atom. The highest BCUT2D eigenvalue weighted by atomic mass is 32.1. The van der Waals surface area contributed by atoms with Crippen LogP contribution in [0.4, 0.5) is 5.69 Å². The van der Waals surface area contributed by atoms with Crippen LogP contribution in [0.25, 0.3) is 15.8 Å². The molecule has 0 fully saturated rings. The molecule has 3 nitrogen and oxygen atoms in total. The lowest BCUT2D eigenvalue weighted by Gasteiger charge is -1.97. The second kappa shape index (κ2) is 2.79. The summed E-state index contributed by atoms with van der Waals surface area (Å²) in [6.07, 6.45) is 0. The summed E-state index contributed by atoms with van der Waals surface area (Å²) in [6.45, 7) is 3.54. The topological polar surface area (TPSA) is 42.0 Å². The van der Waals surface area contributed by atoms with Crippen LogP contribution < -0.4 is 5.32 Å². The molecule has 1 N–H and O–H groups in total. The van der Waals surface area contributed by atoms with Gasteiger partial charge in [0.15, 0.2) is 0 Å². The van der Waals surface area contributed by atoms with Gasteiger partial charge in [-0.25, -0.2) is 4.98 Å². The van der Waals surface area contributed by atoms with Crippen LogP contribution >= 0.6 is 11.3 Å². The maximum atomic E-state index is 11.6. The van der Waals surface area contributed by atoms with Crippen LogP contribution in [0.15, 0.2) is 30.0 Å². The molecule has 0 saturated heterocycles. The first kappa shape index (κ1) is 8.41. The van der Waals surface area contributed by atoms with E-state index in [1.54, 1.807) is 5.51 Å². The first-order chi connectivity index (χ1) is 7.31. The lowest BCUT2D eigenvalue weighted by Crippen LogP contribution is -2.02. The monoisotopic (exact) mass is 214 g/mol. The van der Waals surface area contributed by atoms with Gasteiger partial charge < -0.3 is 5.32 Å². The van der Waals surface area contributed by atoms with Crippen molar-refractivity contribution in [3.05, 3.63) is 35.5 Å². The molecule has 2 aromatic rings. The fourth-order valence-corrected chi connectivity index (χ4v) is 2.59. The SMILES string of the molecule is C=C=C1C(=O)Nc2ccc3ncsc3c21. The summed E-state index contributed by atoms with van der Waals surface area (Å²) in [5.41, 5.74) is 7.58. The van der Waals surface area contributed by atoms with Gasteiger partial charge in [0.25, 0.3) is 5.91 Å². The number of nitrogens with zero attached hydrogens (tertiary/aromatic N) is 1. The number of fused-ring (bicyclic) bond motifs is 3. The van der Waals surface area contributed by atoms with E-state index in [9.17, 15) is 4.79 Å². The van der Waals surface area contributed by atoms with Crippen LogP contribution in [0, 0.1) is 0 Å². The summed E-state index contributed by atoms with van der Waals surface area (Å²) < 4.78 is 1.01. The van der Waals surface area contributed by atoms with E-state index in [1.807, 2.05) is 12.1 Å². The summed E-state index contributed by atoms with van der Waals surface area (Å²) >= 11 is 1.52. The van der Waals surface area contributed by atoms with E-state index in [-0.39, 0.29) is 5.91 Å². The average Bonchev–Trinajstić information content (AvgIpc) is 2.78. The van der Waals surface area contributed by atoms with Gasteiger partial charge in [-0.1, -0.05) is 6.58 Å². The lowest BCUT2D eigenvalue weighted by molar-refractivity contribution is -0.110. The fraction of sp³-hybridized carbons (Fsp3) is 0. The normalized spacial score (nSPS) is 13.9. The van der Waals surface area contributed by atoms with E-state index >= 15 is 0 Å². The van der Waals surface area contributed by atoms with Gasteiger partial charge in [0.1, 0.15) is 0 Å². The maximum absolute atomic E-state index is 11.6. The van der Waals surface area contributed by atoms with Crippen LogP contribution in [-0.4, -0.2) is 10.9 Å². The minimum Gasteiger partial charge on any atom is -0.321 e. The van der Waals surface area contributed by atoms with E-state index in [1.165, 1.54) is 11.3 Å². The Bertz CT molecular complexity index is 635. The molecule has 1 aliphatic rings. The molecule has 1 aromatic heterocycles. The summed E-state index contributed by atoms with van der Waals surface area (Å²) in [5.74, 6) is -0.138. The minimum absolute atomic E-state index is 0.138. The molecule has 1 aliphatic heterocycles. The number of hydrogen-bond acceptors (Lipinski definition) is 3. The number of hydrogen-bond donors (Lipinski definition) is 1. The van der Waals surface area contributed by atoms with Crippen molar-refractivity contribution in [3.63, 3.8) is 0 Å². The summed E-state index contributed by atoms with van der Waals surface area (Å²) in [5, 5.41) is 2.78. The zero-order valence-corrected chi connectivity index (χ0v) is 8.52. The van der Waals surface area contributed by atoms with E-state index in [0.29, 0.717) is 5.57 Å². The molecule has 1 amide bonds. The number of anilines is 1. The predicted octanol–water partition coefficient (Wildman–Crippen LogP) is 2.42. The molecule has 4 heteroatoms. The number of carbonyl (C=O) groups is 1. The lowest BCUT2D eigenvalue weighted by atomic mass is 10.1. The average molecular weight is 214 g/mol. The molecule has 0 spiro atoms. The highest BCUT2D eigenvalue weighted by Gasteiger charge is 2.26. The Morgan fingerprint density at radius 3 is 3.13 bits per heavy atom. The molecule has 72 valence electrons. The minimum atomic E-state index is -0.138. The Labute approximate surface area is 89.8 Å². The van der Waals surface area contributed by atoms with Gasteiger partial charge in [-0.15, -0.1) is 17.1 Å². The summed E-state index contributed by atoms with van der Waals surface area (Å²) in [6, 6.07) is 3.76. The van der Waals surface area contributed by atoms with Crippen LogP contribution in [0.5, 0.6) is 0 Å². The molecule has 3 rings (SSSR count). The highest BCUT2D eigenvalue weighted by Crippen LogP contribution is 2.38. The summed E-state index contributed by atoms with van der Waals surface area (Å²) in [7, 11) is 0. The van der Waals surface area contributed by atoms with Crippen LogP contribution in [0.1, 0.15) is 5.56 Å². The molecule has 0 aliphatic carbocycles. The zero-order valence-electron chi connectivity index (χ0n) is 7.70. The van der Waals surface area contributed by atoms with Crippen molar-refractivity contribution < 1.29 is 4.79 Å². The maximum Gasteiger partial charge on any atom is 0.264 e. The van der Waals surface area contributed by atoms with E-state index in [4.69, 9.17) is 0 Å². The van der Waals surface area contributed by atoms with Crippen molar-refractivity contribution in [3.8, 4) is 0 Å². The second-order valence-corrected chi connectivity index (χ2v) is 4.05. The number of thiazole rings is 1. The van der Waals surface area contributed by atoms with Crippen molar-refractivity contribution in [2.45, 2.75) is 0 Å². The molecule has 0 atom stereocenters. The molecule has 0 bridgehead atoms. The Morgan fingerprint density at radius 2 is 2.33 bits per heavy atom. The number of carbonyl (C=O) groups excluding carboxylic acids is 1. The second-order valence-electron chi connectivity index (χ2n) is 3.19. The Balaban J connectivity index is 2.49. The van der Waals surface area contributed by atoms with E-state index < -0.39 is 0 Å². The number of benzene rings is 1. The molecular weight excluding hydrogens is 208 g/mol. The van der Waals surface area contributed by atoms with E-state index in [2.05, 4.69) is 22.6 Å². The van der Waals surface area contributed by atoms with Gasteiger partial charge in [0.05, 0.1) is 27.0 Å². The third-order valence-corrected chi connectivity index (χ3v) is 3.26. The van der Waals surface area contributed by atoms with Crippen molar-refractivity contribution >= 4 is 38.7 Å². The molecular formula is C11H6N2OS. The van der Waals surface area contributed by atoms with Gasteiger partial charge in [-0.3, -0.25) is 4.79 Å². The molecule has 2 heterocycles. The van der Waals surface area contributed by atoms with Gasteiger partial charge in [0.2, 0.25) is 0 Å². The quantitative estimate of drug-likeness (QED) is 0.540. The van der Waals surface area contributed by atoms with Crippen molar-refractivity contribution in [2.75, 3.05) is 5.32 Å². The Kier molecular flexibility index (Phi) is 1.57. The number of aromatic nitrogens is 1. The molecule has 15 heavy (non-hydrogen) atoms. The Hall–Kier alpha value is -1.90. The molecule has 1 aromatic carbocycles. The van der Waals surface area contributed by atoms with Crippen LogP contribution in [0.3, 0.4) is 0 Å².